The zero-order chi connectivity index (χ0) is 11.5. The zero-order valence-electron chi connectivity index (χ0n) is 9.47. The van der Waals surface area contributed by atoms with Crippen molar-refractivity contribution in [1.82, 2.24) is 9.97 Å². The van der Waals surface area contributed by atoms with Crippen LogP contribution in [0.4, 0.5) is 5.82 Å². The Morgan fingerprint density at radius 1 is 1.38 bits per heavy atom. The molecular weight excluding hydrogens is 218 g/mol. The van der Waals surface area contributed by atoms with Crippen molar-refractivity contribution in [3.63, 3.8) is 0 Å². The molecule has 3 nitrogen and oxygen atoms in total. The summed E-state index contributed by atoms with van der Waals surface area (Å²) in [5, 5.41) is 2.02. The number of anilines is 1. The Labute approximate surface area is 99.4 Å². The minimum absolute atomic E-state index is 0.550. The first-order valence-electron chi connectivity index (χ1n) is 5.32. The van der Waals surface area contributed by atoms with Gasteiger partial charge in [0.05, 0.1) is 4.88 Å². The van der Waals surface area contributed by atoms with E-state index in [1.807, 2.05) is 23.6 Å². The van der Waals surface area contributed by atoms with E-state index in [0.717, 1.165) is 22.8 Å². The maximum absolute atomic E-state index is 5.79. The van der Waals surface area contributed by atoms with Crippen molar-refractivity contribution in [2.45, 2.75) is 20.3 Å². The van der Waals surface area contributed by atoms with Crippen LogP contribution in [0, 0.1) is 5.92 Å². The molecule has 0 aliphatic carbocycles. The van der Waals surface area contributed by atoms with Gasteiger partial charge in [0.15, 0.2) is 5.82 Å². The van der Waals surface area contributed by atoms with Gasteiger partial charge in [-0.2, -0.15) is 0 Å². The van der Waals surface area contributed by atoms with Crippen molar-refractivity contribution in [2.24, 2.45) is 5.92 Å². The van der Waals surface area contributed by atoms with Gasteiger partial charge >= 0.3 is 0 Å². The van der Waals surface area contributed by atoms with Crippen molar-refractivity contribution in [3.8, 4) is 10.7 Å². The monoisotopic (exact) mass is 233 g/mol. The number of nitrogens with two attached hydrogens (primary N) is 1. The first-order valence-corrected chi connectivity index (χ1v) is 6.20. The lowest BCUT2D eigenvalue weighted by molar-refractivity contribution is 0.635. The fourth-order valence-corrected chi connectivity index (χ4v) is 2.21. The second-order valence-electron chi connectivity index (χ2n) is 4.18. The Hall–Kier alpha value is -1.42. The highest BCUT2D eigenvalue weighted by atomic mass is 32.1. The van der Waals surface area contributed by atoms with E-state index in [0.29, 0.717) is 11.7 Å². The molecule has 0 aromatic carbocycles. The highest BCUT2D eigenvalue weighted by Crippen LogP contribution is 2.22. The molecule has 16 heavy (non-hydrogen) atoms. The second kappa shape index (κ2) is 4.61. The minimum Gasteiger partial charge on any atom is -0.384 e. The summed E-state index contributed by atoms with van der Waals surface area (Å²) in [4.78, 5) is 9.86. The molecular formula is C12H15N3S. The number of thiophene rings is 1. The number of hydrogen-bond acceptors (Lipinski definition) is 4. The topological polar surface area (TPSA) is 51.8 Å². The molecule has 2 aromatic heterocycles. The lowest BCUT2D eigenvalue weighted by Gasteiger charge is -2.06. The summed E-state index contributed by atoms with van der Waals surface area (Å²) in [6, 6.07) is 5.87. The van der Waals surface area contributed by atoms with Crippen LogP contribution in [0.5, 0.6) is 0 Å². The van der Waals surface area contributed by atoms with Crippen LogP contribution in [0.1, 0.15) is 19.5 Å². The maximum Gasteiger partial charge on any atom is 0.171 e. The normalized spacial score (nSPS) is 10.9. The standard InChI is InChI=1S/C12H15N3S/c1-8(2)6-9-7-11(13)15-12(14-9)10-4-3-5-16-10/h3-5,7-8H,6H2,1-2H3,(H2,13,14,15). The van der Waals surface area contributed by atoms with Crippen LogP contribution in [0.2, 0.25) is 0 Å². The number of nitrogens with zero attached hydrogens (tertiary/aromatic N) is 2. The van der Waals surface area contributed by atoms with Crippen molar-refractivity contribution >= 4 is 17.2 Å². The van der Waals surface area contributed by atoms with Crippen LogP contribution in [0.25, 0.3) is 10.7 Å². The van der Waals surface area contributed by atoms with Crippen molar-refractivity contribution in [3.05, 3.63) is 29.3 Å². The fraction of sp³-hybridized carbons (Fsp3) is 0.333. The van der Waals surface area contributed by atoms with Gasteiger partial charge in [0, 0.05) is 11.8 Å². The summed E-state index contributed by atoms with van der Waals surface area (Å²) in [5.41, 5.74) is 6.81. The van der Waals surface area contributed by atoms with E-state index >= 15 is 0 Å². The summed E-state index contributed by atoms with van der Waals surface area (Å²) in [6.45, 7) is 4.34. The highest BCUT2D eigenvalue weighted by molar-refractivity contribution is 7.13. The van der Waals surface area contributed by atoms with Gasteiger partial charge in [-0.05, 0) is 23.8 Å². The molecule has 2 rings (SSSR count). The Balaban J connectivity index is 2.36. The molecule has 84 valence electrons. The lowest BCUT2D eigenvalue weighted by Crippen LogP contribution is -2.02. The molecule has 2 aromatic rings. The third-order valence-corrected chi connectivity index (χ3v) is 3.02. The average Bonchev–Trinajstić information content (AvgIpc) is 2.67. The van der Waals surface area contributed by atoms with Crippen molar-refractivity contribution in [1.29, 1.82) is 0 Å². The molecule has 0 saturated carbocycles. The van der Waals surface area contributed by atoms with E-state index in [2.05, 4.69) is 23.8 Å². The van der Waals surface area contributed by atoms with Gasteiger partial charge in [0.1, 0.15) is 5.82 Å². The zero-order valence-corrected chi connectivity index (χ0v) is 10.3. The average molecular weight is 233 g/mol. The van der Waals surface area contributed by atoms with Crippen LogP contribution < -0.4 is 5.73 Å². The highest BCUT2D eigenvalue weighted by Gasteiger charge is 2.07. The van der Waals surface area contributed by atoms with Gasteiger partial charge in [-0.3, -0.25) is 0 Å². The van der Waals surface area contributed by atoms with Crippen molar-refractivity contribution in [2.75, 3.05) is 5.73 Å². The van der Waals surface area contributed by atoms with Crippen LogP contribution in [-0.4, -0.2) is 9.97 Å². The van der Waals surface area contributed by atoms with Gasteiger partial charge in [0.25, 0.3) is 0 Å². The molecule has 0 atom stereocenters. The van der Waals surface area contributed by atoms with Gasteiger partial charge in [-0.15, -0.1) is 11.3 Å². The molecule has 0 fully saturated rings. The van der Waals surface area contributed by atoms with Crippen LogP contribution >= 0.6 is 11.3 Å². The second-order valence-corrected chi connectivity index (χ2v) is 5.13. The molecule has 0 saturated heterocycles. The third-order valence-electron chi connectivity index (χ3n) is 2.16. The molecule has 0 aliphatic rings. The first kappa shape index (κ1) is 11.1. The van der Waals surface area contributed by atoms with E-state index in [-0.39, 0.29) is 0 Å². The fourth-order valence-electron chi connectivity index (χ4n) is 1.56. The molecule has 0 spiro atoms. The molecule has 2 heterocycles. The van der Waals surface area contributed by atoms with E-state index in [9.17, 15) is 0 Å². The summed E-state index contributed by atoms with van der Waals surface area (Å²) >= 11 is 1.63. The van der Waals surface area contributed by atoms with E-state index in [4.69, 9.17) is 5.73 Å². The number of rotatable bonds is 3. The first-order chi connectivity index (χ1) is 7.65. The van der Waals surface area contributed by atoms with Crippen LogP contribution in [0.15, 0.2) is 23.6 Å². The third kappa shape index (κ3) is 2.58. The summed E-state index contributed by atoms with van der Waals surface area (Å²) in [5.74, 6) is 1.87. The molecule has 0 bridgehead atoms. The minimum atomic E-state index is 0.550. The number of aromatic nitrogens is 2. The Morgan fingerprint density at radius 3 is 2.81 bits per heavy atom. The summed E-state index contributed by atoms with van der Waals surface area (Å²) in [6.07, 6.45) is 0.936. The predicted molar refractivity (Wildman–Crippen MR) is 68.3 cm³/mol. The van der Waals surface area contributed by atoms with Gasteiger partial charge in [-0.1, -0.05) is 19.9 Å². The quantitative estimate of drug-likeness (QED) is 0.886. The van der Waals surface area contributed by atoms with Crippen LogP contribution in [-0.2, 0) is 6.42 Å². The van der Waals surface area contributed by atoms with E-state index < -0.39 is 0 Å². The molecule has 2 N–H and O–H groups in total. The van der Waals surface area contributed by atoms with E-state index in [1.165, 1.54) is 0 Å². The van der Waals surface area contributed by atoms with Gasteiger partial charge in [-0.25, -0.2) is 9.97 Å². The molecule has 0 unspecified atom stereocenters. The molecule has 0 radical (unpaired) electrons. The number of hydrogen-bond donors (Lipinski definition) is 1. The largest absolute Gasteiger partial charge is 0.384 e. The molecule has 4 heteroatoms. The summed E-state index contributed by atoms with van der Waals surface area (Å²) < 4.78 is 0. The predicted octanol–water partition coefficient (Wildman–Crippen LogP) is 2.99. The molecule has 0 aliphatic heterocycles. The SMILES string of the molecule is CC(C)Cc1cc(N)nc(-c2cccs2)n1. The van der Waals surface area contributed by atoms with E-state index in [1.54, 1.807) is 11.3 Å². The van der Waals surface area contributed by atoms with Crippen LogP contribution in [0.3, 0.4) is 0 Å². The Morgan fingerprint density at radius 2 is 2.19 bits per heavy atom. The van der Waals surface area contributed by atoms with Gasteiger partial charge in [0.2, 0.25) is 0 Å². The number of nitrogen functional groups attached to an aromatic ring is 1. The summed E-state index contributed by atoms with van der Waals surface area (Å²) in [7, 11) is 0. The Bertz CT molecular complexity index is 463. The maximum atomic E-state index is 5.79. The Kier molecular flexibility index (Phi) is 3.19. The lowest BCUT2D eigenvalue weighted by atomic mass is 10.1. The smallest absolute Gasteiger partial charge is 0.171 e. The molecule has 0 amide bonds. The van der Waals surface area contributed by atoms with Crippen molar-refractivity contribution < 1.29 is 0 Å². The van der Waals surface area contributed by atoms with Gasteiger partial charge < -0.3 is 5.73 Å².